The average molecular weight is 419 g/mol. The number of carbonyl (C=O) groups is 1. The fraction of sp³-hybridized carbons (Fsp3) is 0.0556. The molecule has 0 aliphatic carbocycles. The highest BCUT2D eigenvalue weighted by Crippen LogP contribution is 2.39. The summed E-state index contributed by atoms with van der Waals surface area (Å²) in [6.45, 7) is 0. The van der Waals surface area contributed by atoms with Crippen molar-refractivity contribution >= 4 is 57.1 Å². The van der Waals surface area contributed by atoms with Crippen molar-refractivity contribution in [3.8, 4) is 0 Å². The van der Waals surface area contributed by atoms with Gasteiger partial charge in [0.05, 0.1) is 20.6 Å². The maximum atomic E-state index is 13.5. The Hall–Kier alpha value is -1.95. The molecular formula is C18H9Cl3F3NO. The Bertz CT molecular complexity index is 1010. The lowest BCUT2D eigenvalue weighted by atomic mass is 10.0. The van der Waals surface area contributed by atoms with E-state index in [0.29, 0.717) is 6.08 Å². The van der Waals surface area contributed by atoms with Crippen LogP contribution in [0.3, 0.4) is 0 Å². The van der Waals surface area contributed by atoms with Crippen molar-refractivity contribution in [1.82, 2.24) is 4.98 Å². The van der Waals surface area contributed by atoms with Crippen molar-refractivity contribution in [1.29, 1.82) is 0 Å². The third kappa shape index (κ3) is 3.75. The molecule has 2 nitrogen and oxygen atoms in total. The third-order valence-electron chi connectivity index (χ3n) is 3.71. The van der Waals surface area contributed by atoms with Crippen molar-refractivity contribution in [2.75, 3.05) is 0 Å². The first kappa shape index (κ1) is 18.8. The number of hydrogen-bond donors (Lipinski definition) is 1. The number of aromatic amines is 1. The highest BCUT2D eigenvalue weighted by atomic mass is 35.5. The molecule has 0 aliphatic rings. The van der Waals surface area contributed by atoms with Crippen LogP contribution in [0.4, 0.5) is 13.2 Å². The second-order valence-corrected chi connectivity index (χ2v) is 6.65. The van der Waals surface area contributed by atoms with Gasteiger partial charge in [0, 0.05) is 22.7 Å². The van der Waals surface area contributed by atoms with Crippen LogP contribution in [0.25, 0.3) is 16.5 Å². The first-order chi connectivity index (χ1) is 12.2. The molecule has 0 atom stereocenters. The van der Waals surface area contributed by atoms with Crippen molar-refractivity contribution in [2.45, 2.75) is 6.18 Å². The molecule has 0 radical (unpaired) electrons. The predicted molar refractivity (Wildman–Crippen MR) is 98.1 cm³/mol. The number of rotatable bonds is 3. The number of fused-ring (bicyclic) bond motifs is 1. The molecule has 1 aromatic heterocycles. The van der Waals surface area contributed by atoms with E-state index < -0.39 is 17.5 Å². The zero-order chi connectivity index (χ0) is 19.1. The lowest BCUT2D eigenvalue weighted by Gasteiger charge is -2.13. The van der Waals surface area contributed by atoms with Gasteiger partial charge in [-0.15, -0.1) is 0 Å². The quantitative estimate of drug-likeness (QED) is 0.278. The van der Waals surface area contributed by atoms with Crippen molar-refractivity contribution in [3.63, 3.8) is 0 Å². The maximum absolute atomic E-state index is 13.5. The molecule has 1 heterocycles. The van der Waals surface area contributed by atoms with E-state index in [-0.39, 0.29) is 26.2 Å². The van der Waals surface area contributed by atoms with Gasteiger partial charge >= 0.3 is 6.18 Å². The largest absolute Gasteiger partial charge is 0.417 e. The molecule has 0 saturated carbocycles. The Morgan fingerprint density at radius 1 is 0.962 bits per heavy atom. The number of nitrogens with one attached hydrogen (secondary N) is 1. The minimum atomic E-state index is -4.78. The summed E-state index contributed by atoms with van der Waals surface area (Å²) >= 11 is 17.4. The molecule has 3 rings (SSSR count). The number of allylic oxidation sites excluding steroid dienone is 2. The summed E-state index contributed by atoms with van der Waals surface area (Å²) in [5, 5.41) is 0.397. The molecule has 0 saturated heterocycles. The van der Waals surface area contributed by atoms with Crippen molar-refractivity contribution in [3.05, 3.63) is 74.9 Å². The molecule has 8 heteroatoms. The molecule has 0 spiro atoms. The molecule has 0 aliphatic heterocycles. The van der Waals surface area contributed by atoms with Gasteiger partial charge in [0.1, 0.15) is 0 Å². The summed E-state index contributed by atoms with van der Waals surface area (Å²) in [7, 11) is 0. The summed E-state index contributed by atoms with van der Waals surface area (Å²) < 4.78 is 40.5. The van der Waals surface area contributed by atoms with E-state index in [2.05, 4.69) is 4.98 Å². The van der Waals surface area contributed by atoms with Crippen LogP contribution in [0.1, 0.15) is 15.9 Å². The molecule has 134 valence electrons. The fourth-order valence-corrected chi connectivity index (χ4v) is 3.06. The molecule has 1 N–H and O–H groups in total. The number of carbonyl (C=O) groups excluding carboxylic acids is 1. The number of ketones is 1. The van der Waals surface area contributed by atoms with Crippen LogP contribution in [0.5, 0.6) is 0 Å². The molecule has 26 heavy (non-hydrogen) atoms. The van der Waals surface area contributed by atoms with Gasteiger partial charge in [-0.05, 0) is 48.0 Å². The first-order valence-electron chi connectivity index (χ1n) is 7.22. The van der Waals surface area contributed by atoms with Gasteiger partial charge < -0.3 is 4.98 Å². The third-order valence-corrected chi connectivity index (χ3v) is 4.91. The molecule has 2 aromatic carbocycles. The Labute approximate surface area is 161 Å². The Balaban J connectivity index is 2.09. The number of alkyl halides is 3. The fourth-order valence-electron chi connectivity index (χ4n) is 2.46. The van der Waals surface area contributed by atoms with E-state index >= 15 is 0 Å². The summed E-state index contributed by atoms with van der Waals surface area (Å²) in [5.74, 6) is -0.789. The molecule has 0 fully saturated rings. The van der Waals surface area contributed by atoms with Crippen LogP contribution < -0.4 is 0 Å². The molecule has 3 aromatic rings. The van der Waals surface area contributed by atoms with Crippen molar-refractivity contribution in [2.24, 2.45) is 0 Å². The maximum Gasteiger partial charge on any atom is 0.417 e. The number of hydrogen-bond acceptors (Lipinski definition) is 1. The van der Waals surface area contributed by atoms with E-state index in [9.17, 15) is 18.0 Å². The highest BCUT2D eigenvalue weighted by molar-refractivity contribution is 6.48. The van der Waals surface area contributed by atoms with Crippen LogP contribution in [0, 0.1) is 0 Å². The van der Waals surface area contributed by atoms with E-state index in [1.807, 2.05) is 0 Å². The topological polar surface area (TPSA) is 32.9 Å². The minimum Gasteiger partial charge on any atom is -0.361 e. The Morgan fingerprint density at radius 3 is 2.23 bits per heavy atom. The Kier molecular flexibility index (Phi) is 5.06. The standard InChI is InChI=1S/C18H9Cl3F3NO/c19-13-6-11(7-14(20)17(13)21)12(18(22,23)24)8-16(26)10-1-2-15-9(5-10)3-4-25-15/h1-8,25H. The monoisotopic (exact) mass is 417 g/mol. The lowest BCUT2D eigenvalue weighted by Crippen LogP contribution is -2.13. The van der Waals surface area contributed by atoms with Gasteiger partial charge in [0.2, 0.25) is 0 Å². The van der Waals surface area contributed by atoms with Crippen LogP contribution in [-0.2, 0) is 0 Å². The van der Waals surface area contributed by atoms with Gasteiger partial charge in [-0.3, -0.25) is 4.79 Å². The van der Waals surface area contributed by atoms with Gasteiger partial charge in [-0.2, -0.15) is 13.2 Å². The SMILES string of the molecule is O=C(C=C(c1cc(Cl)c(Cl)c(Cl)c1)C(F)(F)F)c1ccc2[nH]ccc2c1. The van der Waals surface area contributed by atoms with E-state index in [0.717, 1.165) is 23.0 Å². The Morgan fingerprint density at radius 2 is 1.62 bits per heavy atom. The normalized spacial score (nSPS) is 12.6. The van der Waals surface area contributed by atoms with Gasteiger partial charge in [0.25, 0.3) is 0 Å². The van der Waals surface area contributed by atoms with Gasteiger partial charge in [-0.25, -0.2) is 0 Å². The van der Waals surface area contributed by atoms with Crippen LogP contribution in [0.2, 0.25) is 15.1 Å². The summed E-state index contributed by atoms with van der Waals surface area (Å²) in [4.78, 5) is 15.3. The number of aromatic nitrogens is 1. The highest BCUT2D eigenvalue weighted by Gasteiger charge is 2.36. The smallest absolute Gasteiger partial charge is 0.361 e. The zero-order valence-electron chi connectivity index (χ0n) is 12.8. The van der Waals surface area contributed by atoms with Crippen LogP contribution in [-0.4, -0.2) is 16.9 Å². The number of halogens is 6. The second-order valence-electron chi connectivity index (χ2n) is 5.45. The molecule has 0 unspecified atom stereocenters. The van der Waals surface area contributed by atoms with Gasteiger partial charge in [0.15, 0.2) is 5.78 Å². The zero-order valence-corrected chi connectivity index (χ0v) is 15.1. The summed E-state index contributed by atoms with van der Waals surface area (Å²) in [6, 6.07) is 8.36. The predicted octanol–water partition coefficient (Wildman–Crippen LogP) is 6.96. The molecule has 0 bridgehead atoms. The summed E-state index contributed by atoms with van der Waals surface area (Å²) in [5.41, 5.74) is -0.590. The van der Waals surface area contributed by atoms with Gasteiger partial charge in [-0.1, -0.05) is 34.8 Å². The first-order valence-corrected chi connectivity index (χ1v) is 8.35. The number of benzene rings is 2. The minimum absolute atomic E-state index is 0.0529. The summed E-state index contributed by atoms with van der Waals surface area (Å²) in [6.07, 6.45) is -2.58. The van der Waals surface area contributed by atoms with Crippen LogP contribution >= 0.6 is 34.8 Å². The van der Waals surface area contributed by atoms with Crippen molar-refractivity contribution < 1.29 is 18.0 Å². The average Bonchev–Trinajstić information content (AvgIpc) is 3.03. The molecular weight excluding hydrogens is 410 g/mol. The van der Waals surface area contributed by atoms with Crippen LogP contribution in [0.15, 0.2) is 48.7 Å². The van der Waals surface area contributed by atoms with E-state index in [1.54, 1.807) is 18.3 Å². The van der Waals surface area contributed by atoms with E-state index in [1.165, 1.54) is 12.1 Å². The van der Waals surface area contributed by atoms with E-state index in [4.69, 9.17) is 34.8 Å². The lowest BCUT2D eigenvalue weighted by molar-refractivity contribution is -0.0689. The number of H-pyrrole nitrogens is 1. The second kappa shape index (κ2) is 6.99. The molecule has 0 amide bonds.